The summed E-state index contributed by atoms with van der Waals surface area (Å²) >= 11 is 0. The minimum absolute atomic E-state index is 0. The van der Waals surface area contributed by atoms with E-state index < -0.39 is 0 Å². The molecule has 0 spiro atoms. The number of rotatable bonds is 1. The first kappa shape index (κ1) is 20.0. The Balaban J connectivity index is 0.000000882. The Labute approximate surface area is 168 Å². The topological polar surface area (TPSA) is 0 Å². The standard InChI is InChI=1S/C20H15.2ClH.Zr/c1-14-12-13-20-16(14)9-5-11-19(20)18-10-4-7-15-6-2-3-8-17(15)18;;;/h2-13H,1H3;2*1H;/q-1;;;. The van der Waals surface area contributed by atoms with Crippen LogP contribution in [-0.2, 0) is 26.2 Å². The number of hydrogen-bond acceptors (Lipinski definition) is 0. The molecular weight excluding hydrogens is 402 g/mol. The molecular formula is C20H17Cl2Zr-. The van der Waals surface area contributed by atoms with Crippen LogP contribution in [-0.4, -0.2) is 0 Å². The molecule has 0 nitrogen and oxygen atoms in total. The van der Waals surface area contributed by atoms with Gasteiger partial charge in [-0.25, -0.2) is 0 Å². The van der Waals surface area contributed by atoms with E-state index in [9.17, 15) is 0 Å². The van der Waals surface area contributed by atoms with Crippen LogP contribution in [0.1, 0.15) is 5.56 Å². The second-order valence-corrected chi connectivity index (χ2v) is 5.31. The van der Waals surface area contributed by atoms with Gasteiger partial charge in [0, 0.05) is 26.2 Å². The summed E-state index contributed by atoms with van der Waals surface area (Å²) in [5, 5.41) is 5.32. The first-order valence-electron chi connectivity index (χ1n) is 6.98. The third-order valence-corrected chi connectivity index (χ3v) is 4.11. The van der Waals surface area contributed by atoms with Gasteiger partial charge >= 0.3 is 0 Å². The average Bonchev–Trinajstić information content (AvgIpc) is 2.88. The van der Waals surface area contributed by atoms with Crippen molar-refractivity contribution in [2.75, 3.05) is 0 Å². The van der Waals surface area contributed by atoms with Crippen LogP contribution in [0.25, 0.3) is 32.7 Å². The van der Waals surface area contributed by atoms with Crippen LogP contribution < -0.4 is 0 Å². The third-order valence-electron chi connectivity index (χ3n) is 4.11. The molecule has 0 saturated carbocycles. The van der Waals surface area contributed by atoms with Crippen LogP contribution in [0.2, 0.25) is 0 Å². The molecule has 0 aliphatic carbocycles. The molecule has 0 N–H and O–H groups in total. The molecule has 0 saturated heterocycles. The van der Waals surface area contributed by atoms with Crippen molar-refractivity contribution in [1.82, 2.24) is 0 Å². The number of hydrogen-bond donors (Lipinski definition) is 0. The van der Waals surface area contributed by atoms with E-state index >= 15 is 0 Å². The first-order valence-corrected chi connectivity index (χ1v) is 6.98. The second-order valence-electron chi connectivity index (χ2n) is 5.31. The van der Waals surface area contributed by atoms with Gasteiger partial charge in [-0.3, -0.25) is 0 Å². The van der Waals surface area contributed by atoms with Gasteiger partial charge < -0.3 is 0 Å². The smallest absolute Gasteiger partial charge is 0 e. The number of benzene rings is 3. The molecule has 0 radical (unpaired) electrons. The average molecular weight is 419 g/mol. The van der Waals surface area contributed by atoms with Crippen molar-refractivity contribution in [2.24, 2.45) is 0 Å². The molecule has 0 fully saturated rings. The predicted molar refractivity (Wildman–Crippen MR) is 102 cm³/mol. The Kier molecular flexibility index (Phi) is 7.14. The zero-order valence-corrected chi connectivity index (χ0v) is 16.8. The fraction of sp³-hybridized carbons (Fsp3) is 0.0500. The number of aryl methyl sites for hydroxylation is 1. The van der Waals surface area contributed by atoms with Gasteiger partial charge in [0.15, 0.2) is 0 Å². The Morgan fingerprint density at radius 1 is 0.652 bits per heavy atom. The van der Waals surface area contributed by atoms with Gasteiger partial charge in [-0.1, -0.05) is 61.0 Å². The molecule has 0 amide bonds. The zero-order valence-electron chi connectivity index (χ0n) is 12.7. The SMILES string of the molecule is C[c-]1ccc2c(-c3cccc4ccccc34)cccc21.Cl.Cl.[Zr]. The van der Waals surface area contributed by atoms with Crippen LogP contribution in [0.4, 0.5) is 0 Å². The Morgan fingerprint density at radius 2 is 1.26 bits per heavy atom. The molecule has 4 aromatic carbocycles. The summed E-state index contributed by atoms with van der Waals surface area (Å²) in [5.41, 5.74) is 3.99. The largest absolute Gasteiger partial charge is 0.167 e. The maximum absolute atomic E-state index is 2.24. The van der Waals surface area contributed by atoms with Crippen molar-refractivity contribution in [1.29, 1.82) is 0 Å². The maximum Gasteiger partial charge on any atom is 0 e. The van der Waals surface area contributed by atoms with Gasteiger partial charge in [-0.2, -0.15) is 12.1 Å². The fourth-order valence-corrected chi connectivity index (χ4v) is 3.08. The maximum atomic E-state index is 2.24. The van der Waals surface area contributed by atoms with E-state index in [4.69, 9.17) is 0 Å². The quantitative estimate of drug-likeness (QED) is 0.308. The van der Waals surface area contributed by atoms with Gasteiger partial charge in [-0.05, 0) is 16.3 Å². The van der Waals surface area contributed by atoms with E-state index in [-0.39, 0.29) is 51.0 Å². The van der Waals surface area contributed by atoms with Crippen LogP contribution in [0.15, 0.2) is 72.8 Å². The van der Waals surface area contributed by atoms with E-state index in [1.165, 1.54) is 38.2 Å². The fourth-order valence-electron chi connectivity index (χ4n) is 3.08. The normalized spacial score (nSPS) is 9.78. The summed E-state index contributed by atoms with van der Waals surface area (Å²) < 4.78 is 0. The molecule has 23 heavy (non-hydrogen) atoms. The summed E-state index contributed by atoms with van der Waals surface area (Å²) in [4.78, 5) is 0. The molecule has 0 aromatic heterocycles. The summed E-state index contributed by atoms with van der Waals surface area (Å²) in [6, 6.07) is 26.2. The van der Waals surface area contributed by atoms with E-state index in [1.54, 1.807) is 0 Å². The molecule has 0 aliphatic rings. The van der Waals surface area contributed by atoms with Gasteiger partial charge in [0.2, 0.25) is 0 Å². The minimum Gasteiger partial charge on any atom is -0.167 e. The van der Waals surface area contributed by atoms with Gasteiger partial charge in [0.1, 0.15) is 0 Å². The van der Waals surface area contributed by atoms with E-state index in [0.717, 1.165) is 0 Å². The Hall–Kier alpha value is -1.01. The van der Waals surface area contributed by atoms with Crippen molar-refractivity contribution in [2.45, 2.75) is 6.92 Å². The van der Waals surface area contributed by atoms with Crippen LogP contribution in [0, 0.1) is 6.92 Å². The van der Waals surface area contributed by atoms with E-state index in [0.29, 0.717) is 0 Å². The summed E-state index contributed by atoms with van der Waals surface area (Å²) in [6.07, 6.45) is 0. The minimum atomic E-state index is 0. The molecule has 0 atom stereocenters. The molecule has 4 aromatic rings. The molecule has 0 heterocycles. The first-order chi connectivity index (χ1) is 9.84. The number of fused-ring (bicyclic) bond motifs is 2. The van der Waals surface area contributed by atoms with Crippen molar-refractivity contribution < 1.29 is 26.2 Å². The molecule has 116 valence electrons. The van der Waals surface area contributed by atoms with Crippen LogP contribution in [0.3, 0.4) is 0 Å². The van der Waals surface area contributed by atoms with Crippen LogP contribution >= 0.6 is 24.8 Å². The van der Waals surface area contributed by atoms with Gasteiger partial charge in [0.25, 0.3) is 0 Å². The molecule has 4 rings (SSSR count). The van der Waals surface area contributed by atoms with Crippen LogP contribution in [0.5, 0.6) is 0 Å². The van der Waals surface area contributed by atoms with E-state index in [1.807, 2.05) is 0 Å². The van der Waals surface area contributed by atoms with E-state index in [2.05, 4.69) is 79.7 Å². The number of halogens is 2. The second kappa shape index (κ2) is 8.20. The van der Waals surface area contributed by atoms with Gasteiger partial charge in [-0.15, -0.1) is 53.3 Å². The summed E-state index contributed by atoms with van der Waals surface area (Å²) in [5.74, 6) is 0. The summed E-state index contributed by atoms with van der Waals surface area (Å²) in [7, 11) is 0. The van der Waals surface area contributed by atoms with Gasteiger partial charge in [0.05, 0.1) is 0 Å². The third kappa shape index (κ3) is 3.43. The molecule has 0 bridgehead atoms. The zero-order chi connectivity index (χ0) is 13.5. The molecule has 0 aliphatic heterocycles. The Morgan fingerprint density at radius 3 is 2.04 bits per heavy atom. The molecule has 0 unspecified atom stereocenters. The predicted octanol–water partition coefficient (Wildman–Crippen LogP) is 6.53. The van der Waals surface area contributed by atoms with Crippen molar-refractivity contribution in [3.63, 3.8) is 0 Å². The Bertz CT molecular complexity index is 920. The molecule has 3 heteroatoms. The van der Waals surface area contributed by atoms with Crippen molar-refractivity contribution in [3.05, 3.63) is 78.4 Å². The van der Waals surface area contributed by atoms with Crippen molar-refractivity contribution >= 4 is 46.4 Å². The monoisotopic (exact) mass is 417 g/mol. The van der Waals surface area contributed by atoms with Crippen molar-refractivity contribution in [3.8, 4) is 11.1 Å². The summed E-state index contributed by atoms with van der Waals surface area (Å²) in [6.45, 7) is 2.18.